The smallest absolute Gasteiger partial charge is 0.185 e. The zero-order valence-electron chi connectivity index (χ0n) is 13.3. The Morgan fingerprint density at radius 1 is 1.00 bits per heavy atom. The van der Waals surface area contributed by atoms with Gasteiger partial charge in [0.1, 0.15) is 29.1 Å². The molecule has 0 aliphatic heterocycles. The maximum Gasteiger partial charge on any atom is 0.185 e. The molecule has 25 heavy (non-hydrogen) atoms. The lowest BCUT2D eigenvalue weighted by Gasteiger charge is -2.15. The van der Waals surface area contributed by atoms with Crippen LogP contribution >= 0.6 is 11.8 Å². The van der Waals surface area contributed by atoms with E-state index >= 15 is 0 Å². The highest BCUT2D eigenvalue weighted by Gasteiger charge is 2.26. The Kier molecular flexibility index (Phi) is 6.32. The van der Waals surface area contributed by atoms with E-state index in [-0.39, 0.29) is 11.5 Å². The molecule has 0 heterocycles. The molecule has 0 amide bonds. The maximum absolute atomic E-state index is 14.7. The molecule has 0 aromatic heterocycles. The van der Waals surface area contributed by atoms with Crippen LogP contribution in [-0.2, 0) is 0 Å². The first-order chi connectivity index (χ1) is 12.0. The number of ether oxygens (including phenoxy) is 1. The Balaban J connectivity index is 2.58. The Bertz CT molecular complexity index is 855. The Hall–Kier alpha value is -2.64. The Morgan fingerprint density at radius 3 is 2.16 bits per heavy atom. The molecule has 0 atom stereocenters. The molecule has 2 aromatic rings. The topological polar surface area (TPSA) is 56.8 Å². The van der Waals surface area contributed by atoms with Crippen LogP contribution in [0.15, 0.2) is 34.1 Å². The molecular weight excluding hydrogens is 349 g/mol. The number of benzene rings is 2. The molecule has 0 saturated carbocycles. The summed E-state index contributed by atoms with van der Waals surface area (Å²) in [7, 11) is 0. The Labute approximate surface area is 147 Å². The van der Waals surface area contributed by atoms with Gasteiger partial charge in [0.15, 0.2) is 17.4 Å². The zero-order valence-corrected chi connectivity index (χ0v) is 14.1. The van der Waals surface area contributed by atoms with Crippen LogP contribution < -0.4 is 4.74 Å². The predicted molar refractivity (Wildman–Crippen MR) is 86.7 cm³/mol. The fourth-order valence-corrected chi connectivity index (χ4v) is 2.96. The molecule has 0 fully saturated rings. The second-order valence-corrected chi connectivity index (χ2v) is 6.10. The average Bonchev–Trinajstić information content (AvgIpc) is 2.61. The van der Waals surface area contributed by atoms with E-state index < -0.39 is 34.3 Å². The van der Waals surface area contributed by atoms with Gasteiger partial charge in [0.25, 0.3) is 0 Å². The molecule has 2 rings (SSSR count). The summed E-state index contributed by atoms with van der Waals surface area (Å²) in [6.07, 6.45) is 1.40. The number of hydrogen-bond acceptors (Lipinski definition) is 4. The molecule has 0 aliphatic rings. The minimum atomic E-state index is -1.07. The summed E-state index contributed by atoms with van der Waals surface area (Å²) in [4.78, 5) is 0.199. The van der Waals surface area contributed by atoms with Gasteiger partial charge in [-0.2, -0.15) is 10.5 Å². The number of rotatable bonds is 6. The van der Waals surface area contributed by atoms with Crippen molar-refractivity contribution in [1.82, 2.24) is 0 Å². The van der Waals surface area contributed by atoms with Gasteiger partial charge in [-0.1, -0.05) is 25.1 Å². The van der Waals surface area contributed by atoms with Gasteiger partial charge in [-0.05, 0) is 30.7 Å². The number of unbranched alkanes of at least 4 members (excludes halogenated alkanes) is 1. The summed E-state index contributed by atoms with van der Waals surface area (Å²) in [6.45, 7) is 2.05. The van der Waals surface area contributed by atoms with E-state index in [1.165, 1.54) is 36.4 Å². The van der Waals surface area contributed by atoms with E-state index in [9.17, 15) is 13.2 Å². The van der Waals surface area contributed by atoms with Gasteiger partial charge in [0.05, 0.1) is 11.5 Å². The minimum Gasteiger partial charge on any atom is -0.489 e. The van der Waals surface area contributed by atoms with Crippen molar-refractivity contribution in [3.63, 3.8) is 0 Å². The van der Waals surface area contributed by atoms with E-state index in [2.05, 4.69) is 0 Å². The molecule has 0 unspecified atom stereocenters. The fourth-order valence-electron chi connectivity index (χ4n) is 2.01. The van der Waals surface area contributed by atoms with Gasteiger partial charge in [-0.3, -0.25) is 0 Å². The van der Waals surface area contributed by atoms with Gasteiger partial charge in [0, 0.05) is 4.90 Å². The predicted octanol–water partition coefficient (Wildman–Crippen LogP) is 5.18. The second-order valence-electron chi connectivity index (χ2n) is 5.02. The molecule has 2 aromatic carbocycles. The van der Waals surface area contributed by atoms with Crippen LogP contribution in [0.2, 0.25) is 0 Å². The first-order valence-electron chi connectivity index (χ1n) is 7.44. The van der Waals surface area contributed by atoms with Gasteiger partial charge < -0.3 is 4.74 Å². The molecule has 0 bridgehead atoms. The third kappa shape index (κ3) is 4.07. The molecule has 7 heteroatoms. The lowest BCUT2D eigenvalue weighted by molar-refractivity contribution is 0.283. The second kappa shape index (κ2) is 8.46. The zero-order chi connectivity index (χ0) is 18.4. The van der Waals surface area contributed by atoms with E-state index in [0.717, 1.165) is 18.2 Å². The van der Waals surface area contributed by atoms with Crippen molar-refractivity contribution in [1.29, 1.82) is 10.5 Å². The van der Waals surface area contributed by atoms with Crippen molar-refractivity contribution >= 4 is 11.8 Å². The van der Waals surface area contributed by atoms with Gasteiger partial charge in [-0.15, -0.1) is 0 Å². The lowest BCUT2D eigenvalue weighted by Crippen LogP contribution is -2.06. The maximum atomic E-state index is 14.7. The van der Waals surface area contributed by atoms with Gasteiger partial charge in [0.2, 0.25) is 0 Å². The van der Waals surface area contributed by atoms with E-state index in [1.54, 1.807) is 0 Å². The summed E-state index contributed by atoms with van der Waals surface area (Å²) in [5.41, 5.74) is -1.36. The largest absolute Gasteiger partial charge is 0.489 e. The van der Waals surface area contributed by atoms with Crippen LogP contribution in [0.25, 0.3) is 0 Å². The number of nitriles is 2. The summed E-state index contributed by atoms with van der Waals surface area (Å²) >= 11 is 0.803. The van der Waals surface area contributed by atoms with E-state index in [4.69, 9.17) is 15.3 Å². The highest BCUT2D eigenvalue weighted by molar-refractivity contribution is 7.99. The summed E-state index contributed by atoms with van der Waals surface area (Å²) in [6, 6.07) is 8.20. The molecular formula is C18H13F3N2OS. The van der Waals surface area contributed by atoms with Crippen LogP contribution in [-0.4, -0.2) is 6.61 Å². The molecule has 128 valence electrons. The summed E-state index contributed by atoms with van der Waals surface area (Å²) in [5, 5.41) is 18.1. The van der Waals surface area contributed by atoms with Gasteiger partial charge >= 0.3 is 0 Å². The highest BCUT2D eigenvalue weighted by Crippen LogP contribution is 2.41. The van der Waals surface area contributed by atoms with Crippen LogP contribution in [0.4, 0.5) is 13.2 Å². The molecule has 0 N–H and O–H groups in total. The third-order valence-electron chi connectivity index (χ3n) is 3.30. The monoisotopic (exact) mass is 362 g/mol. The van der Waals surface area contributed by atoms with Crippen molar-refractivity contribution in [2.75, 3.05) is 6.61 Å². The Morgan fingerprint density at radius 2 is 1.60 bits per heavy atom. The molecule has 0 spiro atoms. The standard InChI is InChI=1S/C18H13F3N2OS/c1-2-3-8-24-17-15(20)13(9-22)14(10-23)16(21)18(17)25-12-6-4-11(19)5-7-12/h4-7H,2-3,8H2,1H3. The SMILES string of the molecule is CCCCOc1c(F)c(C#N)c(C#N)c(F)c1Sc1ccc(F)cc1. The van der Waals surface area contributed by atoms with Crippen molar-refractivity contribution in [3.8, 4) is 17.9 Å². The average molecular weight is 362 g/mol. The van der Waals surface area contributed by atoms with Crippen LogP contribution in [0.1, 0.15) is 30.9 Å². The fraction of sp³-hybridized carbons (Fsp3) is 0.222. The van der Waals surface area contributed by atoms with Crippen molar-refractivity contribution < 1.29 is 17.9 Å². The normalized spacial score (nSPS) is 10.2. The van der Waals surface area contributed by atoms with Crippen LogP contribution in [0.3, 0.4) is 0 Å². The summed E-state index contributed by atoms with van der Waals surface area (Å²) < 4.78 is 47.7. The molecule has 0 radical (unpaired) electrons. The van der Waals surface area contributed by atoms with Crippen LogP contribution in [0.5, 0.6) is 5.75 Å². The first kappa shape index (κ1) is 18.7. The van der Waals surface area contributed by atoms with E-state index in [1.807, 2.05) is 6.92 Å². The van der Waals surface area contributed by atoms with Crippen molar-refractivity contribution in [2.24, 2.45) is 0 Å². The highest BCUT2D eigenvalue weighted by atomic mass is 32.2. The summed E-state index contributed by atoms with van der Waals surface area (Å²) in [5.74, 6) is -2.97. The first-order valence-corrected chi connectivity index (χ1v) is 8.26. The minimum absolute atomic E-state index is 0.139. The molecule has 3 nitrogen and oxygen atoms in total. The van der Waals surface area contributed by atoms with Crippen LogP contribution in [0, 0.1) is 40.1 Å². The lowest BCUT2D eigenvalue weighted by atomic mass is 10.1. The quantitative estimate of drug-likeness (QED) is 0.665. The number of nitrogens with zero attached hydrogens (tertiary/aromatic N) is 2. The van der Waals surface area contributed by atoms with Crippen molar-refractivity contribution in [3.05, 3.63) is 52.8 Å². The third-order valence-corrected chi connectivity index (χ3v) is 4.37. The molecule has 0 saturated heterocycles. The van der Waals surface area contributed by atoms with E-state index in [0.29, 0.717) is 11.3 Å². The van der Waals surface area contributed by atoms with Gasteiger partial charge in [-0.25, -0.2) is 13.2 Å². The van der Waals surface area contributed by atoms with Crippen molar-refractivity contribution in [2.45, 2.75) is 29.6 Å². The number of hydrogen-bond donors (Lipinski definition) is 0. The number of halogens is 3. The molecule has 0 aliphatic carbocycles.